The van der Waals surface area contributed by atoms with Gasteiger partial charge in [0.2, 0.25) is 5.91 Å². The zero-order valence-corrected chi connectivity index (χ0v) is 16.5. The zero-order chi connectivity index (χ0) is 15.8. The third-order valence-corrected chi connectivity index (χ3v) is 5.58. The lowest BCUT2D eigenvalue weighted by atomic mass is 10.1. The molecule has 2 saturated carbocycles. The highest BCUT2D eigenvalue weighted by atomic mass is 35.5. The van der Waals surface area contributed by atoms with Gasteiger partial charge in [0.25, 0.3) is 0 Å². The molecule has 1 heterocycles. The minimum atomic E-state index is 0. The molecule has 0 spiro atoms. The number of halogens is 2. The van der Waals surface area contributed by atoms with Gasteiger partial charge in [0.05, 0.1) is 6.54 Å². The molecule has 140 valence electrons. The molecular formula is C19H29Cl2N3O. The van der Waals surface area contributed by atoms with Crippen molar-refractivity contribution in [2.24, 2.45) is 0 Å². The van der Waals surface area contributed by atoms with Crippen molar-refractivity contribution in [2.75, 3.05) is 39.8 Å². The number of nitrogens with one attached hydrogen (secondary N) is 1. The summed E-state index contributed by atoms with van der Waals surface area (Å²) in [4.78, 5) is 16.5. The second-order valence-electron chi connectivity index (χ2n) is 7.45. The molecule has 1 aromatic rings. The predicted octanol–water partition coefficient (Wildman–Crippen LogP) is 2.63. The standard InChI is InChI=1S/C19H27N3O.2ClH/c1-21-8-10-22(11-9-21)19(23)13-20-18-12-17(18)16-6-4-15(5-7-16)14-2-3-14;;/h4-7,14,17-18,20H,2-3,8-13H2,1H3;2*1H/t17-,18+;;/m0../s1. The Morgan fingerprint density at radius 2 is 1.64 bits per heavy atom. The molecule has 4 nitrogen and oxygen atoms in total. The van der Waals surface area contributed by atoms with Crippen molar-refractivity contribution in [3.8, 4) is 0 Å². The Morgan fingerprint density at radius 1 is 1.04 bits per heavy atom. The van der Waals surface area contributed by atoms with E-state index in [0.29, 0.717) is 18.5 Å². The van der Waals surface area contributed by atoms with Crippen LogP contribution in [0.2, 0.25) is 0 Å². The van der Waals surface area contributed by atoms with Crippen LogP contribution in [0.1, 0.15) is 42.2 Å². The third-order valence-electron chi connectivity index (χ3n) is 5.58. The Morgan fingerprint density at radius 3 is 2.24 bits per heavy atom. The van der Waals surface area contributed by atoms with Gasteiger partial charge in [-0.25, -0.2) is 0 Å². The van der Waals surface area contributed by atoms with Crippen LogP contribution in [0.5, 0.6) is 0 Å². The summed E-state index contributed by atoms with van der Waals surface area (Å²) in [5, 5.41) is 3.46. The molecule has 1 saturated heterocycles. The van der Waals surface area contributed by atoms with Gasteiger partial charge in [-0.2, -0.15) is 0 Å². The summed E-state index contributed by atoms with van der Waals surface area (Å²) < 4.78 is 0. The van der Waals surface area contributed by atoms with Crippen LogP contribution in [0.15, 0.2) is 24.3 Å². The van der Waals surface area contributed by atoms with Crippen LogP contribution in [0, 0.1) is 0 Å². The molecule has 1 aromatic carbocycles. The van der Waals surface area contributed by atoms with Gasteiger partial charge in [-0.15, -0.1) is 24.8 Å². The number of nitrogens with zero attached hydrogens (tertiary/aromatic N) is 2. The lowest BCUT2D eigenvalue weighted by Crippen LogP contribution is -2.49. The average Bonchev–Trinajstić information content (AvgIpc) is 3.47. The minimum absolute atomic E-state index is 0. The Labute approximate surface area is 163 Å². The summed E-state index contributed by atoms with van der Waals surface area (Å²) in [6, 6.07) is 9.68. The van der Waals surface area contributed by atoms with Crippen molar-refractivity contribution in [1.29, 1.82) is 0 Å². The van der Waals surface area contributed by atoms with E-state index in [1.807, 2.05) is 4.90 Å². The number of carbonyl (C=O) groups excluding carboxylic acids is 1. The molecule has 3 fully saturated rings. The molecule has 0 aromatic heterocycles. The molecule has 3 aliphatic rings. The second-order valence-corrected chi connectivity index (χ2v) is 7.45. The topological polar surface area (TPSA) is 35.6 Å². The fourth-order valence-electron chi connectivity index (χ4n) is 3.61. The van der Waals surface area contributed by atoms with Gasteiger partial charge in [0, 0.05) is 38.1 Å². The Balaban J connectivity index is 0.00000113. The fraction of sp³-hybridized carbons (Fsp3) is 0.632. The number of amides is 1. The molecule has 25 heavy (non-hydrogen) atoms. The van der Waals surface area contributed by atoms with Crippen molar-refractivity contribution in [1.82, 2.24) is 15.1 Å². The Hall–Kier alpha value is -0.810. The van der Waals surface area contributed by atoms with Crippen LogP contribution >= 0.6 is 24.8 Å². The Bertz CT molecular complexity index is 569. The summed E-state index contributed by atoms with van der Waals surface area (Å²) in [7, 11) is 2.11. The van der Waals surface area contributed by atoms with E-state index in [1.54, 1.807) is 0 Å². The molecule has 6 heteroatoms. The summed E-state index contributed by atoms with van der Waals surface area (Å²) in [6.45, 7) is 4.21. The summed E-state index contributed by atoms with van der Waals surface area (Å²) in [5.41, 5.74) is 2.93. The Kier molecular flexibility index (Phi) is 7.15. The highest BCUT2D eigenvalue weighted by Gasteiger charge is 2.38. The van der Waals surface area contributed by atoms with Gasteiger partial charge >= 0.3 is 0 Å². The van der Waals surface area contributed by atoms with Gasteiger partial charge in [0.15, 0.2) is 0 Å². The lowest BCUT2D eigenvalue weighted by Gasteiger charge is -2.32. The molecule has 0 unspecified atom stereocenters. The first-order valence-corrected chi connectivity index (χ1v) is 9.00. The van der Waals surface area contributed by atoms with Crippen molar-refractivity contribution >= 4 is 30.7 Å². The smallest absolute Gasteiger partial charge is 0.236 e. The molecule has 1 aliphatic heterocycles. The highest BCUT2D eigenvalue weighted by molar-refractivity contribution is 5.85. The number of piperazine rings is 1. The quantitative estimate of drug-likeness (QED) is 0.845. The summed E-state index contributed by atoms with van der Waals surface area (Å²) in [6.07, 6.45) is 3.89. The van der Waals surface area contributed by atoms with E-state index in [-0.39, 0.29) is 30.7 Å². The monoisotopic (exact) mass is 385 g/mol. The van der Waals surface area contributed by atoms with Crippen molar-refractivity contribution in [3.05, 3.63) is 35.4 Å². The number of hydrogen-bond acceptors (Lipinski definition) is 3. The molecule has 0 radical (unpaired) electrons. The predicted molar refractivity (Wildman–Crippen MR) is 106 cm³/mol. The highest BCUT2D eigenvalue weighted by Crippen LogP contribution is 2.43. The van der Waals surface area contributed by atoms with Gasteiger partial charge in [0.1, 0.15) is 0 Å². The van der Waals surface area contributed by atoms with Gasteiger partial charge in [-0.1, -0.05) is 24.3 Å². The summed E-state index contributed by atoms with van der Waals surface area (Å²) >= 11 is 0. The van der Waals surface area contributed by atoms with E-state index in [9.17, 15) is 4.79 Å². The maximum Gasteiger partial charge on any atom is 0.236 e. The van der Waals surface area contributed by atoms with Crippen molar-refractivity contribution in [2.45, 2.75) is 37.1 Å². The molecule has 2 aliphatic carbocycles. The maximum atomic E-state index is 12.3. The van der Waals surface area contributed by atoms with Crippen LogP contribution in [0.25, 0.3) is 0 Å². The van der Waals surface area contributed by atoms with Crippen LogP contribution in [-0.4, -0.2) is 61.5 Å². The number of benzene rings is 1. The van der Waals surface area contributed by atoms with Crippen LogP contribution in [0.3, 0.4) is 0 Å². The van der Waals surface area contributed by atoms with Crippen LogP contribution in [0.4, 0.5) is 0 Å². The van der Waals surface area contributed by atoms with E-state index in [0.717, 1.165) is 32.1 Å². The van der Waals surface area contributed by atoms with Crippen molar-refractivity contribution < 1.29 is 4.79 Å². The van der Waals surface area contributed by atoms with E-state index >= 15 is 0 Å². The minimum Gasteiger partial charge on any atom is -0.339 e. The van der Waals surface area contributed by atoms with Crippen molar-refractivity contribution in [3.63, 3.8) is 0 Å². The van der Waals surface area contributed by atoms with E-state index < -0.39 is 0 Å². The fourth-order valence-corrected chi connectivity index (χ4v) is 3.61. The second kappa shape index (κ2) is 8.72. The maximum absolute atomic E-state index is 12.3. The van der Waals surface area contributed by atoms with Crippen LogP contribution in [-0.2, 0) is 4.79 Å². The number of rotatable bonds is 5. The SMILES string of the molecule is CN1CCN(C(=O)CN[C@@H]2C[C@H]2c2ccc(C3CC3)cc2)CC1.Cl.Cl. The number of hydrogen-bond donors (Lipinski definition) is 1. The number of likely N-dealkylation sites (N-methyl/N-ethyl adjacent to an activating group) is 1. The molecule has 0 bridgehead atoms. The van der Waals surface area contributed by atoms with Crippen LogP contribution < -0.4 is 5.32 Å². The molecule has 1 N–H and O–H groups in total. The lowest BCUT2D eigenvalue weighted by molar-refractivity contribution is -0.131. The molecule has 4 rings (SSSR count). The van der Waals surface area contributed by atoms with E-state index in [2.05, 4.69) is 41.5 Å². The first-order valence-electron chi connectivity index (χ1n) is 9.00. The molecule has 1 amide bonds. The largest absolute Gasteiger partial charge is 0.339 e. The van der Waals surface area contributed by atoms with Gasteiger partial charge < -0.3 is 15.1 Å². The first kappa shape index (κ1) is 20.5. The zero-order valence-electron chi connectivity index (χ0n) is 14.8. The van der Waals surface area contributed by atoms with Gasteiger partial charge in [-0.3, -0.25) is 4.79 Å². The molecular weight excluding hydrogens is 357 g/mol. The number of carbonyl (C=O) groups is 1. The first-order chi connectivity index (χ1) is 11.2. The average molecular weight is 386 g/mol. The summed E-state index contributed by atoms with van der Waals surface area (Å²) in [5.74, 6) is 1.69. The van der Waals surface area contributed by atoms with E-state index in [1.165, 1.54) is 30.4 Å². The third kappa shape index (κ3) is 5.10. The van der Waals surface area contributed by atoms with E-state index in [4.69, 9.17) is 0 Å². The normalized spacial score (nSPS) is 25.7. The molecule has 2 atom stereocenters. The van der Waals surface area contributed by atoms with Gasteiger partial charge in [-0.05, 0) is 43.4 Å².